The van der Waals surface area contributed by atoms with Crippen molar-refractivity contribution in [1.29, 1.82) is 0 Å². The van der Waals surface area contributed by atoms with E-state index in [9.17, 15) is 29.6 Å². The Hall–Kier alpha value is -4.45. The quantitative estimate of drug-likeness (QED) is 0.0689. The predicted octanol–water partition coefficient (Wildman–Crippen LogP) is 6.64. The summed E-state index contributed by atoms with van der Waals surface area (Å²) in [7, 11) is -2.21. The van der Waals surface area contributed by atoms with Crippen molar-refractivity contribution in [1.82, 2.24) is 4.90 Å². The van der Waals surface area contributed by atoms with Gasteiger partial charge in [-0.15, -0.1) is 0 Å². The summed E-state index contributed by atoms with van der Waals surface area (Å²) < 4.78 is 12.4. The molecule has 48 heavy (non-hydrogen) atoms. The summed E-state index contributed by atoms with van der Waals surface area (Å²) in [5, 5.41) is 20.7. The van der Waals surface area contributed by atoms with Gasteiger partial charge in [0.2, 0.25) is 5.91 Å². The largest absolute Gasteiger partial charge is 0.456 e. The molecule has 0 saturated carbocycles. The van der Waals surface area contributed by atoms with E-state index in [1.165, 1.54) is 24.3 Å². The zero-order valence-electron chi connectivity index (χ0n) is 28.2. The molecule has 1 amide bonds. The van der Waals surface area contributed by atoms with Crippen LogP contribution in [0.3, 0.4) is 0 Å². The van der Waals surface area contributed by atoms with E-state index in [0.717, 1.165) is 11.1 Å². The van der Waals surface area contributed by atoms with Gasteiger partial charge in [0.15, 0.2) is 14.1 Å². The van der Waals surface area contributed by atoms with E-state index in [2.05, 4.69) is 33.9 Å². The zero-order valence-corrected chi connectivity index (χ0v) is 29.2. The van der Waals surface area contributed by atoms with Crippen LogP contribution in [0.25, 0.3) is 16.7 Å². The van der Waals surface area contributed by atoms with Gasteiger partial charge in [-0.3, -0.25) is 19.7 Å². The Bertz CT molecular complexity index is 1890. The normalized spacial score (nSPS) is 20.7. The maximum absolute atomic E-state index is 14.0. The van der Waals surface area contributed by atoms with E-state index >= 15 is 0 Å². The van der Waals surface area contributed by atoms with Gasteiger partial charge >= 0.3 is 5.97 Å². The second kappa shape index (κ2) is 11.9. The number of non-ortho nitro benzene ring substituents is 1. The fourth-order valence-corrected chi connectivity index (χ4v) is 8.39. The van der Waals surface area contributed by atoms with Crippen LogP contribution in [-0.2, 0) is 32.0 Å². The van der Waals surface area contributed by atoms with Gasteiger partial charge < -0.3 is 19.2 Å². The second-order valence-corrected chi connectivity index (χ2v) is 19.2. The Kier molecular flexibility index (Phi) is 8.29. The van der Waals surface area contributed by atoms with Gasteiger partial charge in [-0.25, -0.2) is 4.79 Å². The Morgan fingerprint density at radius 2 is 1.62 bits per heavy atom. The molecule has 1 aliphatic carbocycles. The van der Waals surface area contributed by atoms with Crippen LogP contribution in [0.15, 0.2) is 66.4 Å². The molecule has 0 bridgehead atoms. The number of hydrogen-bond donors (Lipinski definition) is 1. The van der Waals surface area contributed by atoms with Crippen molar-refractivity contribution in [2.75, 3.05) is 0 Å². The number of hydrogen-bond acceptors (Lipinski definition) is 8. The van der Waals surface area contributed by atoms with E-state index in [1.54, 1.807) is 23.1 Å². The van der Waals surface area contributed by atoms with Crippen molar-refractivity contribution in [3.05, 3.63) is 104 Å². The van der Waals surface area contributed by atoms with Crippen LogP contribution in [0, 0.1) is 22.0 Å². The molecule has 3 aromatic rings. The smallest absolute Gasteiger partial charge is 0.355 e. The number of nitro groups is 1. The molecule has 0 unspecified atom stereocenters. The van der Waals surface area contributed by atoms with Crippen LogP contribution >= 0.6 is 0 Å². The molecule has 1 N–H and O–H groups in total. The number of carbonyl (C=O) groups is 3. The molecule has 10 nitrogen and oxygen atoms in total. The third kappa shape index (κ3) is 5.39. The zero-order chi connectivity index (χ0) is 34.9. The topological polar surface area (TPSA) is 136 Å². The molecule has 0 aromatic heterocycles. The number of ketones is 1. The number of aliphatic hydroxyl groups excluding tert-OH is 1. The third-order valence-electron chi connectivity index (χ3n) is 10.5. The predicted molar refractivity (Wildman–Crippen MR) is 182 cm³/mol. The van der Waals surface area contributed by atoms with Gasteiger partial charge in [0.05, 0.1) is 29.6 Å². The van der Waals surface area contributed by atoms with Crippen LogP contribution in [0.4, 0.5) is 5.69 Å². The monoisotopic (exact) mass is 668 g/mol. The van der Waals surface area contributed by atoms with Crippen molar-refractivity contribution in [3.8, 4) is 11.1 Å². The molecule has 0 radical (unpaired) electrons. The average Bonchev–Trinajstić information content (AvgIpc) is 3.46. The van der Waals surface area contributed by atoms with E-state index in [1.807, 2.05) is 32.0 Å². The third-order valence-corrected chi connectivity index (χ3v) is 15.1. The molecule has 11 heteroatoms. The lowest BCUT2D eigenvalue weighted by atomic mass is 9.76. The van der Waals surface area contributed by atoms with Gasteiger partial charge in [0, 0.05) is 29.2 Å². The minimum absolute atomic E-state index is 0.0542. The van der Waals surface area contributed by atoms with Crippen LogP contribution < -0.4 is 0 Å². The van der Waals surface area contributed by atoms with Crippen molar-refractivity contribution in [2.24, 2.45) is 11.8 Å². The van der Waals surface area contributed by atoms with Crippen molar-refractivity contribution in [2.45, 2.75) is 78.1 Å². The Labute approximate surface area is 280 Å². The first-order valence-corrected chi connectivity index (χ1v) is 19.1. The lowest BCUT2D eigenvalue weighted by Crippen LogP contribution is -2.65. The van der Waals surface area contributed by atoms with Gasteiger partial charge in [0.1, 0.15) is 12.3 Å². The van der Waals surface area contributed by atoms with Crippen LogP contribution in [0.1, 0.15) is 67.2 Å². The molecule has 3 aromatic carbocycles. The molecular formula is C37H40N2O8Si. The molecule has 1 fully saturated rings. The highest BCUT2D eigenvalue weighted by Gasteiger charge is 2.61. The number of β-lactam (4-membered cyclic amide) rings is 1. The van der Waals surface area contributed by atoms with Crippen LogP contribution in [0.5, 0.6) is 0 Å². The van der Waals surface area contributed by atoms with E-state index < -0.39 is 25.1 Å². The molecule has 2 aliphatic heterocycles. The maximum Gasteiger partial charge on any atom is 0.355 e. The van der Waals surface area contributed by atoms with Gasteiger partial charge in [0.25, 0.3) is 5.69 Å². The Morgan fingerprint density at radius 3 is 2.25 bits per heavy atom. The number of carbonyl (C=O) groups excluding carboxylic acids is 3. The van der Waals surface area contributed by atoms with E-state index in [0.29, 0.717) is 33.4 Å². The first-order chi connectivity index (χ1) is 22.6. The number of fused-ring (bicyclic) bond motifs is 4. The fourth-order valence-electron chi connectivity index (χ4n) is 6.96. The number of aliphatic hydroxyl groups is 1. The lowest BCUT2D eigenvalue weighted by molar-refractivity contribution is -0.384. The van der Waals surface area contributed by atoms with Crippen LogP contribution in [0.2, 0.25) is 18.1 Å². The minimum Gasteiger partial charge on any atom is -0.456 e. The summed E-state index contributed by atoms with van der Waals surface area (Å²) in [4.78, 5) is 53.4. The highest BCUT2D eigenvalue weighted by atomic mass is 28.4. The molecule has 0 spiro atoms. The molecule has 6 rings (SSSR count). The number of benzene rings is 3. The van der Waals surface area contributed by atoms with Crippen molar-refractivity contribution >= 4 is 37.2 Å². The SMILES string of the molecule is C[C@@H](O[Si](C)(C)C(C)(C)C)[C@H]1C(=O)N2C(C(=O)OCc3ccc([N+](=O)[O-])cc3)=C(c3ccc4c(c3)-c3ccc(CO)cc3C4=O)[C@H](C)[C@H]12. The summed E-state index contributed by atoms with van der Waals surface area (Å²) in [6.45, 7) is 14.4. The number of nitro benzene ring substituents is 1. The highest BCUT2D eigenvalue weighted by molar-refractivity contribution is 6.74. The Morgan fingerprint density at radius 1 is 0.979 bits per heavy atom. The average molecular weight is 669 g/mol. The molecule has 4 atom stereocenters. The summed E-state index contributed by atoms with van der Waals surface area (Å²) in [5.74, 6) is -1.72. The number of ether oxygens (including phenoxy) is 1. The van der Waals surface area contributed by atoms with Crippen LogP contribution in [-0.4, -0.2) is 53.1 Å². The number of esters is 1. The summed E-state index contributed by atoms with van der Waals surface area (Å²) in [5.41, 5.74) is 5.17. The standard InChI is InChI=1S/C37H40N2O8Si/c1-20-30(24-11-15-27-28(17-24)26-14-10-23(18-40)16-29(26)34(27)41)33(36(43)46-19-22-8-12-25(13-9-22)39(44)45)38-32(20)31(35(38)42)21(2)47-48(6,7)37(3,4)5/h8-17,20-21,31-32,40H,18-19H2,1-7H3/t20-,21+,31+,32+/m0/s1. The van der Waals surface area contributed by atoms with E-state index in [4.69, 9.17) is 9.16 Å². The molecule has 250 valence electrons. The second-order valence-electron chi connectivity index (χ2n) is 14.5. The molecule has 3 aliphatic rings. The highest BCUT2D eigenvalue weighted by Crippen LogP contribution is 2.53. The lowest BCUT2D eigenvalue weighted by Gasteiger charge is -2.50. The summed E-state index contributed by atoms with van der Waals surface area (Å²) >= 11 is 0. The summed E-state index contributed by atoms with van der Waals surface area (Å²) in [6.07, 6.45) is -0.371. The maximum atomic E-state index is 14.0. The number of amides is 1. The molecule has 1 saturated heterocycles. The number of rotatable bonds is 9. The van der Waals surface area contributed by atoms with Crippen molar-refractivity contribution in [3.63, 3.8) is 0 Å². The van der Waals surface area contributed by atoms with E-state index in [-0.39, 0.29) is 59.4 Å². The Balaban J connectivity index is 1.38. The van der Waals surface area contributed by atoms with Gasteiger partial charge in [-0.1, -0.05) is 45.9 Å². The summed E-state index contributed by atoms with van der Waals surface area (Å²) in [6, 6.07) is 16.2. The van der Waals surface area contributed by atoms with Gasteiger partial charge in [-0.05, 0) is 88.8 Å². The first kappa shape index (κ1) is 33.4. The molecular weight excluding hydrogens is 628 g/mol. The molecule has 2 heterocycles. The number of nitrogens with zero attached hydrogens (tertiary/aromatic N) is 2. The van der Waals surface area contributed by atoms with Crippen molar-refractivity contribution < 1.29 is 33.6 Å². The van der Waals surface area contributed by atoms with Gasteiger partial charge in [-0.2, -0.15) is 0 Å². The first-order valence-electron chi connectivity index (χ1n) is 16.1. The minimum atomic E-state index is -2.21. The fraction of sp³-hybridized carbons (Fsp3) is 0.378.